The predicted molar refractivity (Wildman–Crippen MR) is 119 cm³/mol. The summed E-state index contributed by atoms with van der Waals surface area (Å²) in [7, 11) is 0. The van der Waals surface area contributed by atoms with E-state index in [0.29, 0.717) is 39.1 Å². The van der Waals surface area contributed by atoms with Crippen LogP contribution in [0, 0.1) is 0 Å². The van der Waals surface area contributed by atoms with Crippen molar-refractivity contribution in [1.29, 1.82) is 0 Å². The lowest BCUT2D eigenvalue weighted by molar-refractivity contribution is 0.714. The quantitative estimate of drug-likeness (QED) is 0.416. The van der Waals surface area contributed by atoms with Crippen molar-refractivity contribution < 1.29 is 0 Å². The first-order chi connectivity index (χ1) is 14.5. The van der Waals surface area contributed by atoms with Crippen LogP contribution in [-0.4, -0.2) is 29.7 Å². The van der Waals surface area contributed by atoms with Crippen molar-refractivity contribution >= 4 is 46.9 Å². The fraction of sp³-hybridized carbons (Fsp3) is 0.105. The van der Waals surface area contributed by atoms with Gasteiger partial charge in [0, 0.05) is 10.6 Å². The minimum absolute atomic E-state index is 0.0810. The molecule has 0 bridgehead atoms. The number of aromatic nitrogens is 6. The summed E-state index contributed by atoms with van der Waals surface area (Å²) in [6.07, 6.45) is 0. The molecule has 2 aromatic heterocycles. The third kappa shape index (κ3) is 4.64. The van der Waals surface area contributed by atoms with Crippen LogP contribution in [0.1, 0.15) is 11.4 Å². The van der Waals surface area contributed by atoms with Gasteiger partial charge in [0.25, 0.3) is 0 Å². The van der Waals surface area contributed by atoms with E-state index >= 15 is 0 Å². The summed E-state index contributed by atoms with van der Waals surface area (Å²) in [6, 6.07) is 15.3. The molecule has 0 atom stereocenters. The minimum Gasteiger partial charge on any atom is -0.368 e. The first-order valence-electron chi connectivity index (χ1n) is 8.81. The van der Waals surface area contributed by atoms with E-state index in [1.165, 1.54) is 11.8 Å². The largest absolute Gasteiger partial charge is 0.368 e. The number of hydrogen-bond acceptors (Lipinski definition) is 8. The number of anilines is 2. The third-order valence-electron chi connectivity index (χ3n) is 4.12. The number of thioether (sulfide) groups is 1. The molecule has 0 unspecified atom stereocenters. The maximum atomic E-state index is 6.43. The van der Waals surface area contributed by atoms with Crippen LogP contribution in [0.2, 0.25) is 10.0 Å². The molecule has 2 heterocycles. The van der Waals surface area contributed by atoms with Crippen molar-refractivity contribution in [2.24, 2.45) is 0 Å². The van der Waals surface area contributed by atoms with E-state index < -0.39 is 0 Å². The van der Waals surface area contributed by atoms with E-state index in [-0.39, 0.29) is 11.9 Å². The molecule has 4 N–H and O–H groups in total. The second-order valence-corrected chi connectivity index (χ2v) is 8.04. The van der Waals surface area contributed by atoms with Gasteiger partial charge in [-0.05, 0) is 23.8 Å². The monoisotopic (exact) mass is 458 g/mol. The Morgan fingerprint density at radius 3 is 2.33 bits per heavy atom. The third-order valence-corrected chi connectivity index (χ3v) is 5.63. The molecule has 0 radical (unpaired) electrons. The van der Waals surface area contributed by atoms with Gasteiger partial charge < -0.3 is 11.5 Å². The molecule has 0 fully saturated rings. The first-order valence-corrected chi connectivity index (χ1v) is 10.5. The van der Waals surface area contributed by atoms with Crippen LogP contribution in [0.4, 0.5) is 11.9 Å². The SMILES string of the molecule is Nc1nc(N)nc(CSc2nnc(-c3ccc(Cl)cc3Cl)n2Cc2ccccc2)n1. The molecular formula is C19H16Cl2N8S. The Morgan fingerprint density at radius 2 is 1.63 bits per heavy atom. The van der Waals surface area contributed by atoms with Crippen LogP contribution >= 0.6 is 35.0 Å². The highest BCUT2D eigenvalue weighted by atomic mass is 35.5. The predicted octanol–water partition coefficient (Wildman–Crippen LogP) is 3.94. The van der Waals surface area contributed by atoms with E-state index in [4.69, 9.17) is 34.7 Å². The first kappa shape index (κ1) is 20.4. The highest BCUT2D eigenvalue weighted by Gasteiger charge is 2.18. The van der Waals surface area contributed by atoms with Gasteiger partial charge in [0.1, 0.15) is 5.82 Å². The zero-order valence-corrected chi connectivity index (χ0v) is 17.9. The fourth-order valence-electron chi connectivity index (χ4n) is 2.82. The standard InChI is InChI=1S/C19H16Cl2N8S/c20-12-6-7-13(14(21)8-12)16-27-28-19(29(16)9-11-4-2-1-3-5-11)30-10-15-24-17(22)26-18(23)25-15/h1-8H,9-10H2,(H4,22,23,24,25,26). The molecule has 0 spiro atoms. The van der Waals surface area contributed by atoms with Crippen molar-refractivity contribution in [3.63, 3.8) is 0 Å². The number of benzene rings is 2. The molecule has 0 aliphatic heterocycles. The lowest BCUT2D eigenvalue weighted by Crippen LogP contribution is -2.07. The van der Waals surface area contributed by atoms with E-state index in [0.717, 1.165) is 11.1 Å². The normalized spacial score (nSPS) is 11.0. The Balaban J connectivity index is 1.69. The Hall–Kier alpha value is -2.88. The molecule has 4 aromatic rings. The van der Waals surface area contributed by atoms with E-state index in [2.05, 4.69) is 25.1 Å². The maximum Gasteiger partial charge on any atom is 0.225 e. The van der Waals surface area contributed by atoms with Crippen molar-refractivity contribution in [3.8, 4) is 11.4 Å². The molecular weight excluding hydrogens is 443 g/mol. The molecule has 0 saturated heterocycles. The Bertz CT molecular complexity index is 1160. The van der Waals surface area contributed by atoms with Gasteiger partial charge in [-0.3, -0.25) is 4.57 Å². The van der Waals surface area contributed by atoms with Crippen LogP contribution in [0.25, 0.3) is 11.4 Å². The number of nitrogens with two attached hydrogens (primary N) is 2. The zero-order chi connectivity index (χ0) is 21.1. The lowest BCUT2D eigenvalue weighted by atomic mass is 10.2. The van der Waals surface area contributed by atoms with Crippen molar-refractivity contribution in [2.75, 3.05) is 11.5 Å². The van der Waals surface area contributed by atoms with E-state index in [9.17, 15) is 0 Å². The average Bonchev–Trinajstić information content (AvgIpc) is 3.09. The second-order valence-electron chi connectivity index (χ2n) is 6.26. The van der Waals surface area contributed by atoms with Crippen molar-refractivity contribution in [2.45, 2.75) is 17.5 Å². The summed E-state index contributed by atoms with van der Waals surface area (Å²) in [5.41, 5.74) is 13.2. The molecule has 0 aliphatic rings. The summed E-state index contributed by atoms with van der Waals surface area (Å²) >= 11 is 13.9. The van der Waals surface area contributed by atoms with Gasteiger partial charge in [0.15, 0.2) is 11.0 Å². The Kier molecular flexibility index (Phi) is 6.03. The van der Waals surface area contributed by atoms with Gasteiger partial charge in [-0.2, -0.15) is 15.0 Å². The number of nitrogen functional groups attached to an aromatic ring is 2. The molecule has 11 heteroatoms. The molecule has 0 saturated carbocycles. The van der Waals surface area contributed by atoms with Gasteiger partial charge in [-0.1, -0.05) is 65.3 Å². The Labute approximate surface area is 186 Å². The number of hydrogen-bond donors (Lipinski definition) is 2. The lowest BCUT2D eigenvalue weighted by Gasteiger charge is -2.11. The molecule has 2 aromatic carbocycles. The van der Waals surface area contributed by atoms with Crippen LogP contribution in [0.3, 0.4) is 0 Å². The van der Waals surface area contributed by atoms with E-state index in [1.807, 2.05) is 41.0 Å². The summed E-state index contributed by atoms with van der Waals surface area (Å²) in [4.78, 5) is 12.0. The minimum atomic E-state index is 0.0810. The average molecular weight is 459 g/mol. The summed E-state index contributed by atoms with van der Waals surface area (Å²) in [6.45, 7) is 0.561. The van der Waals surface area contributed by atoms with Crippen LogP contribution < -0.4 is 11.5 Å². The molecule has 0 aliphatic carbocycles. The second kappa shape index (κ2) is 8.86. The summed E-state index contributed by atoms with van der Waals surface area (Å²) in [5.74, 6) is 1.66. The highest BCUT2D eigenvalue weighted by molar-refractivity contribution is 7.98. The van der Waals surface area contributed by atoms with Crippen LogP contribution in [-0.2, 0) is 12.3 Å². The number of nitrogens with zero attached hydrogens (tertiary/aromatic N) is 6. The molecule has 30 heavy (non-hydrogen) atoms. The number of rotatable bonds is 6. The van der Waals surface area contributed by atoms with Gasteiger partial charge in [-0.15, -0.1) is 10.2 Å². The smallest absolute Gasteiger partial charge is 0.225 e. The topological polar surface area (TPSA) is 121 Å². The van der Waals surface area contributed by atoms with Gasteiger partial charge >= 0.3 is 0 Å². The maximum absolute atomic E-state index is 6.43. The highest BCUT2D eigenvalue weighted by Crippen LogP contribution is 2.32. The van der Waals surface area contributed by atoms with Crippen LogP contribution in [0.15, 0.2) is 53.7 Å². The molecule has 8 nitrogen and oxygen atoms in total. The van der Waals surface area contributed by atoms with E-state index in [1.54, 1.807) is 12.1 Å². The fourth-order valence-corrected chi connectivity index (χ4v) is 4.11. The number of halogens is 2. The molecule has 152 valence electrons. The molecule has 0 amide bonds. The van der Waals surface area contributed by atoms with Crippen molar-refractivity contribution in [1.82, 2.24) is 29.7 Å². The van der Waals surface area contributed by atoms with Crippen molar-refractivity contribution in [3.05, 3.63) is 70.0 Å². The zero-order valence-electron chi connectivity index (χ0n) is 15.5. The van der Waals surface area contributed by atoms with Gasteiger partial charge in [0.2, 0.25) is 11.9 Å². The summed E-state index contributed by atoms with van der Waals surface area (Å²) in [5, 5.41) is 10.5. The Morgan fingerprint density at radius 1 is 0.900 bits per heavy atom. The van der Waals surface area contributed by atoms with Gasteiger partial charge in [0.05, 0.1) is 17.3 Å². The molecule has 4 rings (SSSR count). The van der Waals surface area contributed by atoms with Gasteiger partial charge in [-0.25, -0.2) is 0 Å². The summed E-state index contributed by atoms with van der Waals surface area (Å²) < 4.78 is 1.99. The van der Waals surface area contributed by atoms with Crippen LogP contribution in [0.5, 0.6) is 0 Å².